The number of carbonyl (C=O) groups is 1. The SMILES string of the molecule is CCOC(C(=O)OCc1ccc(C#N)cc1)(c1ccccc1)c1ccccc1. The Morgan fingerprint density at radius 2 is 1.43 bits per heavy atom. The van der Waals surface area contributed by atoms with Crippen LogP contribution >= 0.6 is 0 Å². The fourth-order valence-electron chi connectivity index (χ4n) is 3.12. The van der Waals surface area contributed by atoms with Crippen LogP contribution in [0.3, 0.4) is 0 Å². The van der Waals surface area contributed by atoms with Crippen LogP contribution in [0.5, 0.6) is 0 Å². The Morgan fingerprint density at radius 3 is 1.89 bits per heavy atom. The van der Waals surface area contributed by atoms with Crippen LogP contribution in [-0.2, 0) is 26.5 Å². The van der Waals surface area contributed by atoms with Crippen LogP contribution in [0, 0.1) is 11.3 Å². The molecule has 0 heterocycles. The number of nitrogens with zero attached hydrogens (tertiary/aromatic N) is 1. The molecule has 3 aromatic carbocycles. The fraction of sp³-hybridized carbons (Fsp3) is 0.167. The zero-order valence-electron chi connectivity index (χ0n) is 15.7. The lowest BCUT2D eigenvalue weighted by atomic mass is 9.86. The standard InChI is InChI=1S/C24H21NO3/c1-2-28-24(21-9-5-3-6-10-21,22-11-7-4-8-12-22)23(26)27-18-20-15-13-19(17-25)14-16-20/h3-16H,2,18H2,1H3. The number of rotatable bonds is 7. The second kappa shape index (κ2) is 8.98. The van der Waals surface area contributed by atoms with E-state index in [9.17, 15) is 4.79 Å². The maximum Gasteiger partial charge on any atom is 0.348 e. The van der Waals surface area contributed by atoms with E-state index in [-0.39, 0.29) is 6.61 Å². The maximum atomic E-state index is 13.4. The van der Waals surface area contributed by atoms with Gasteiger partial charge in [0.1, 0.15) is 6.61 Å². The normalized spacial score (nSPS) is 10.9. The summed E-state index contributed by atoms with van der Waals surface area (Å²) in [5.41, 5.74) is 1.45. The first-order chi connectivity index (χ1) is 13.7. The minimum absolute atomic E-state index is 0.0963. The predicted octanol–water partition coefficient (Wildman–Crippen LogP) is 4.58. The number of esters is 1. The largest absolute Gasteiger partial charge is 0.458 e. The van der Waals surface area contributed by atoms with Gasteiger partial charge in [0.15, 0.2) is 0 Å². The van der Waals surface area contributed by atoms with E-state index in [1.54, 1.807) is 24.3 Å². The molecule has 0 atom stereocenters. The van der Waals surface area contributed by atoms with E-state index in [1.807, 2.05) is 67.6 Å². The molecule has 0 spiro atoms. The fourth-order valence-corrected chi connectivity index (χ4v) is 3.12. The average molecular weight is 371 g/mol. The van der Waals surface area contributed by atoms with Gasteiger partial charge in [-0.2, -0.15) is 5.26 Å². The van der Waals surface area contributed by atoms with Crippen molar-refractivity contribution >= 4 is 5.97 Å². The van der Waals surface area contributed by atoms with Crippen molar-refractivity contribution in [1.29, 1.82) is 5.26 Å². The summed E-state index contributed by atoms with van der Waals surface area (Å²) in [4.78, 5) is 13.4. The molecule has 4 heteroatoms. The summed E-state index contributed by atoms with van der Waals surface area (Å²) < 4.78 is 11.8. The van der Waals surface area contributed by atoms with E-state index in [0.29, 0.717) is 23.3 Å². The van der Waals surface area contributed by atoms with Gasteiger partial charge >= 0.3 is 5.97 Å². The number of ether oxygens (including phenoxy) is 2. The van der Waals surface area contributed by atoms with E-state index < -0.39 is 11.6 Å². The van der Waals surface area contributed by atoms with Crippen molar-refractivity contribution in [2.45, 2.75) is 19.1 Å². The van der Waals surface area contributed by atoms with Crippen LogP contribution < -0.4 is 0 Å². The third-order valence-electron chi connectivity index (χ3n) is 4.46. The molecule has 0 aliphatic heterocycles. The van der Waals surface area contributed by atoms with Crippen LogP contribution in [0.25, 0.3) is 0 Å². The quantitative estimate of drug-likeness (QED) is 0.570. The van der Waals surface area contributed by atoms with E-state index >= 15 is 0 Å². The van der Waals surface area contributed by atoms with Crippen molar-refractivity contribution in [2.75, 3.05) is 6.61 Å². The lowest BCUT2D eigenvalue weighted by molar-refractivity contribution is -0.169. The third kappa shape index (κ3) is 3.95. The number of hydrogen-bond donors (Lipinski definition) is 0. The van der Waals surface area contributed by atoms with Crippen molar-refractivity contribution < 1.29 is 14.3 Å². The summed E-state index contributed by atoms with van der Waals surface area (Å²) in [6, 6.07) is 27.8. The highest BCUT2D eigenvalue weighted by Crippen LogP contribution is 2.35. The van der Waals surface area contributed by atoms with Gasteiger partial charge in [0.05, 0.1) is 11.6 Å². The van der Waals surface area contributed by atoms with E-state index in [2.05, 4.69) is 6.07 Å². The first-order valence-electron chi connectivity index (χ1n) is 9.12. The Kier molecular flexibility index (Phi) is 6.21. The lowest BCUT2D eigenvalue weighted by Gasteiger charge is -2.32. The van der Waals surface area contributed by atoms with Crippen LogP contribution in [0.15, 0.2) is 84.9 Å². The van der Waals surface area contributed by atoms with Gasteiger partial charge in [-0.15, -0.1) is 0 Å². The molecule has 0 aliphatic carbocycles. The molecule has 0 N–H and O–H groups in total. The molecule has 0 radical (unpaired) electrons. The Morgan fingerprint density at radius 1 is 0.893 bits per heavy atom. The number of nitriles is 1. The van der Waals surface area contributed by atoms with Crippen molar-refractivity contribution in [3.63, 3.8) is 0 Å². The molecule has 3 aromatic rings. The van der Waals surface area contributed by atoms with Crippen LogP contribution in [0.1, 0.15) is 29.2 Å². The van der Waals surface area contributed by atoms with E-state index in [1.165, 1.54) is 0 Å². The Balaban J connectivity index is 1.95. The summed E-state index contributed by atoms with van der Waals surface area (Å²) in [6.45, 7) is 2.29. The van der Waals surface area contributed by atoms with Crippen molar-refractivity contribution in [3.8, 4) is 6.07 Å². The second-order valence-corrected chi connectivity index (χ2v) is 6.23. The van der Waals surface area contributed by atoms with Gasteiger partial charge in [-0.3, -0.25) is 0 Å². The first-order valence-corrected chi connectivity index (χ1v) is 9.12. The van der Waals surface area contributed by atoms with E-state index in [4.69, 9.17) is 14.7 Å². The van der Waals surface area contributed by atoms with Crippen molar-refractivity contribution in [3.05, 3.63) is 107 Å². The van der Waals surface area contributed by atoms with Gasteiger partial charge in [0.25, 0.3) is 0 Å². The van der Waals surface area contributed by atoms with Crippen LogP contribution in [0.4, 0.5) is 0 Å². The maximum absolute atomic E-state index is 13.4. The second-order valence-electron chi connectivity index (χ2n) is 6.23. The van der Waals surface area contributed by atoms with Gasteiger partial charge in [0, 0.05) is 6.61 Å². The number of hydrogen-bond acceptors (Lipinski definition) is 4. The minimum Gasteiger partial charge on any atom is -0.458 e. The Hall–Kier alpha value is -3.42. The Labute approximate surface area is 165 Å². The molecular formula is C24H21NO3. The zero-order chi connectivity index (χ0) is 19.8. The molecule has 140 valence electrons. The van der Waals surface area contributed by atoms with Gasteiger partial charge in [-0.05, 0) is 35.7 Å². The number of carbonyl (C=O) groups excluding carboxylic acids is 1. The van der Waals surface area contributed by atoms with E-state index in [0.717, 1.165) is 5.56 Å². The third-order valence-corrected chi connectivity index (χ3v) is 4.46. The molecule has 0 aromatic heterocycles. The monoisotopic (exact) mass is 371 g/mol. The highest BCUT2D eigenvalue weighted by atomic mass is 16.6. The van der Waals surface area contributed by atoms with Gasteiger partial charge in [-0.1, -0.05) is 72.8 Å². The highest BCUT2D eigenvalue weighted by Gasteiger charge is 2.44. The minimum atomic E-state index is -1.34. The molecule has 0 saturated carbocycles. The van der Waals surface area contributed by atoms with Gasteiger partial charge < -0.3 is 9.47 Å². The molecule has 3 rings (SSSR count). The summed E-state index contributed by atoms with van der Waals surface area (Å²) in [6.07, 6.45) is 0. The molecule has 0 unspecified atom stereocenters. The molecule has 0 aliphatic rings. The first kappa shape index (κ1) is 19.3. The number of benzene rings is 3. The molecule has 0 bridgehead atoms. The predicted molar refractivity (Wildman–Crippen MR) is 106 cm³/mol. The zero-order valence-corrected chi connectivity index (χ0v) is 15.7. The topological polar surface area (TPSA) is 59.3 Å². The lowest BCUT2D eigenvalue weighted by Crippen LogP contribution is -2.41. The molecule has 0 amide bonds. The Bertz CT molecular complexity index is 905. The molecule has 0 saturated heterocycles. The molecule has 4 nitrogen and oxygen atoms in total. The average Bonchev–Trinajstić information content (AvgIpc) is 2.77. The van der Waals surface area contributed by atoms with Crippen LogP contribution in [0.2, 0.25) is 0 Å². The summed E-state index contributed by atoms with van der Waals surface area (Å²) in [5, 5.41) is 8.91. The molecule has 28 heavy (non-hydrogen) atoms. The van der Waals surface area contributed by atoms with Crippen molar-refractivity contribution in [1.82, 2.24) is 0 Å². The van der Waals surface area contributed by atoms with Gasteiger partial charge in [0.2, 0.25) is 5.60 Å². The summed E-state index contributed by atoms with van der Waals surface area (Å²) in [7, 11) is 0. The summed E-state index contributed by atoms with van der Waals surface area (Å²) >= 11 is 0. The van der Waals surface area contributed by atoms with Gasteiger partial charge in [-0.25, -0.2) is 4.79 Å². The van der Waals surface area contributed by atoms with Crippen LogP contribution in [-0.4, -0.2) is 12.6 Å². The summed E-state index contributed by atoms with van der Waals surface area (Å²) in [5.74, 6) is -0.476. The van der Waals surface area contributed by atoms with Crippen molar-refractivity contribution in [2.24, 2.45) is 0 Å². The molecular weight excluding hydrogens is 350 g/mol. The highest BCUT2D eigenvalue weighted by molar-refractivity contribution is 5.85. The molecule has 0 fully saturated rings. The smallest absolute Gasteiger partial charge is 0.348 e.